The van der Waals surface area contributed by atoms with Gasteiger partial charge in [0.1, 0.15) is 0 Å². The van der Waals surface area contributed by atoms with E-state index in [9.17, 15) is 4.21 Å². The molecule has 0 aliphatic carbocycles. The highest BCUT2D eigenvalue weighted by Crippen LogP contribution is 2.33. The Morgan fingerprint density at radius 2 is 1.88 bits per heavy atom. The fourth-order valence-electron chi connectivity index (χ4n) is 3.21. The van der Waals surface area contributed by atoms with Crippen molar-refractivity contribution in [3.63, 3.8) is 0 Å². The second-order valence-electron chi connectivity index (χ2n) is 5.63. The van der Waals surface area contributed by atoms with Crippen molar-refractivity contribution in [2.75, 3.05) is 25.9 Å². The number of H-pyrrole nitrogens is 1. The van der Waals surface area contributed by atoms with E-state index in [1.54, 1.807) is 6.26 Å². The summed E-state index contributed by atoms with van der Waals surface area (Å²) in [6.45, 7) is 8.31. The van der Waals surface area contributed by atoms with Crippen LogP contribution in [0.1, 0.15) is 45.1 Å². The summed E-state index contributed by atoms with van der Waals surface area (Å²) < 4.78 is 17.5. The third kappa shape index (κ3) is 5.51. The molecule has 0 radical (unpaired) electrons. The predicted octanol–water partition coefficient (Wildman–Crippen LogP) is 4.08. The van der Waals surface area contributed by atoms with Crippen LogP contribution in [-0.2, 0) is 9.89 Å². The molecule has 1 aromatic carbocycles. The highest BCUT2D eigenvalue weighted by atomic mass is 32.2. The molecule has 1 aromatic heterocycles. The summed E-state index contributed by atoms with van der Waals surface area (Å²) in [5, 5.41) is 1.32. The summed E-state index contributed by atoms with van der Waals surface area (Å²) in [6, 6.07) is 8.43. The first-order chi connectivity index (χ1) is 12.1. The molecular weight excluding hydrogens is 350 g/mol. The van der Waals surface area contributed by atoms with Gasteiger partial charge in [-0.25, -0.2) is 13.2 Å². The Labute approximate surface area is 159 Å². The Balaban J connectivity index is 0.000000730. The van der Waals surface area contributed by atoms with E-state index in [0.717, 1.165) is 25.9 Å². The quantitative estimate of drug-likeness (QED) is 0.541. The molecular formula is C19H33N3OS2. The van der Waals surface area contributed by atoms with Gasteiger partial charge in [-0.15, -0.1) is 0 Å². The lowest BCUT2D eigenvalue weighted by atomic mass is 9.90. The van der Waals surface area contributed by atoms with Crippen LogP contribution in [-0.4, -0.2) is 45.3 Å². The van der Waals surface area contributed by atoms with Gasteiger partial charge in [-0.05, 0) is 42.5 Å². The van der Waals surface area contributed by atoms with Crippen LogP contribution < -0.4 is 4.72 Å². The van der Waals surface area contributed by atoms with Crippen LogP contribution >= 0.6 is 12.6 Å². The molecule has 3 rings (SSSR count). The van der Waals surface area contributed by atoms with Crippen LogP contribution in [0.4, 0.5) is 0 Å². The average molecular weight is 384 g/mol. The minimum atomic E-state index is -2.29. The maximum atomic E-state index is 12.4. The molecule has 4 nitrogen and oxygen atoms in total. The van der Waals surface area contributed by atoms with E-state index >= 15 is 0 Å². The number of aromatic nitrogens is 1. The van der Waals surface area contributed by atoms with Crippen LogP contribution in [0.2, 0.25) is 0 Å². The fraction of sp³-hybridized carbons (Fsp3) is 0.526. The molecule has 0 saturated carbocycles. The van der Waals surface area contributed by atoms with Crippen molar-refractivity contribution in [2.24, 2.45) is 0 Å². The lowest BCUT2D eigenvalue weighted by Crippen LogP contribution is -2.44. The van der Waals surface area contributed by atoms with E-state index in [1.165, 1.54) is 16.5 Å². The highest BCUT2D eigenvalue weighted by molar-refractivity contribution is 7.96. The standard InChI is InChI=1S/C16H23N3OS.C2H6.CH4S/c1-3-18-21(2,20)19-10-8-13(9-11-19)15-12-17-16-7-5-4-6-14(15)16;2*1-2/h4-7,12-13,17H,2-3,8-11H2,1H3,(H,18,20);1-2H3;2H,1H3. The Morgan fingerprint density at radius 3 is 2.48 bits per heavy atom. The average Bonchev–Trinajstić information content (AvgIpc) is 3.09. The number of rotatable bonds is 4. The first kappa shape index (κ1) is 22.1. The second-order valence-corrected chi connectivity index (χ2v) is 7.72. The zero-order chi connectivity index (χ0) is 18.9. The minimum absolute atomic E-state index is 0.536. The number of nitrogens with zero attached hydrogens (tertiary/aromatic N) is 1. The molecule has 1 saturated heterocycles. The van der Waals surface area contributed by atoms with Gasteiger partial charge >= 0.3 is 0 Å². The molecule has 2 N–H and O–H groups in total. The molecule has 1 unspecified atom stereocenters. The largest absolute Gasteiger partial charge is 0.361 e. The Kier molecular flexibility index (Phi) is 9.64. The number of hydrogen-bond acceptors (Lipinski definition) is 2. The van der Waals surface area contributed by atoms with Crippen molar-refractivity contribution in [3.05, 3.63) is 36.0 Å². The van der Waals surface area contributed by atoms with Gasteiger partial charge in [0.25, 0.3) is 0 Å². The Bertz CT molecular complexity index is 717. The first-order valence-electron chi connectivity index (χ1n) is 8.99. The summed E-state index contributed by atoms with van der Waals surface area (Å²) in [5.41, 5.74) is 2.59. The normalized spacial score (nSPS) is 17.8. The minimum Gasteiger partial charge on any atom is -0.361 e. The van der Waals surface area contributed by atoms with E-state index < -0.39 is 9.89 Å². The van der Waals surface area contributed by atoms with Crippen LogP contribution in [0.3, 0.4) is 0 Å². The van der Waals surface area contributed by atoms with Gasteiger partial charge in [0.05, 0.1) is 9.89 Å². The number of aromatic amines is 1. The third-order valence-electron chi connectivity index (χ3n) is 4.30. The molecule has 142 valence electrons. The summed E-state index contributed by atoms with van der Waals surface area (Å²) in [5.74, 6) is 4.39. The SMILES string of the molecule is C=S(=O)(NCC)N1CCC(c2c[nH]c3ccccc23)CC1.CC.CS. The zero-order valence-corrected chi connectivity index (χ0v) is 17.6. The number of fused-ring (bicyclic) bond motifs is 1. The number of nitrogens with one attached hydrogen (secondary N) is 2. The van der Waals surface area contributed by atoms with Crippen molar-refractivity contribution in [3.8, 4) is 0 Å². The van der Waals surface area contributed by atoms with Crippen molar-refractivity contribution >= 4 is 39.3 Å². The van der Waals surface area contributed by atoms with Gasteiger partial charge in [-0.3, -0.25) is 0 Å². The molecule has 2 heterocycles. The van der Waals surface area contributed by atoms with Crippen LogP contribution in [0, 0.1) is 0 Å². The van der Waals surface area contributed by atoms with Crippen LogP contribution in [0.5, 0.6) is 0 Å². The van der Waals surface area contributed by atoms with Gasteiger partial charge in [0.2, 0.25) is 0 Å². The fourth-order valence-corrected chi connectivity index (χ4v) is 4.64. The summed E-state index contributed by atoms with van der Waals surface area (Å²) in [6.07, 6.45) is 5.89. The summed E-state index contributed by atoms with van der Waals surface area (Å²) in [7, 11) is -2.29. The maximum absolute atomic E-state index is 12.4. The van der Waals surface area contributed by atoms with Crippen molar-refractivity contribution in [1.82, 2.24) is 14.0 Å². The third-order valence-corrected chi connectivity index (χ3v) is 6.24. The molecule has 0 spiro atoms. The predicted molar refractivity (Wildman–Crippen MR) is 117 cm³/mol. The molecule has 2 aromatic rings. The molecule has 1 aliphatic heterocycles. The number of para-hydroxylation sites is 1. The molecule has 0 amide bonds. The van der Waals surface area contributed by atoms with Crippen molar-refractivity contribution < 1.29 is 4.21 Å². The van der Waals surface area contributed by atoms with Gasteiger partial charge < -0.3 is 4.98 Å². The lowest BCUT2D eigenvalue weighted by molar-refractivity contribution is 0.331. The molecule has 0 bridgehead atoms. The summed E-state index contributed by atoms with van der Waals surface area (Å²) in [4.78, 5) is 3.35. The highest BCUT2D eigenvalue weighted by Gasteiger charge is 2.26. The summed E-state index contributed by atoms with van der Waals surface area (Å²) >= 11 is 3.53. The number of benzene rings is 1. The van der Waals surface area contributed by atoms with Crippen molar-refractivity contribution in [1.29, 1.82) is 0 Å². The topological polar surface area (TPSA) is 48.1 Å². The van der Waals surface area contributed by atoms with Gasteiger partial charge in [0.15, 0.2) is 0 Å². The van der Waals surface area contributed by atoms with E-state index in [-0.39, 0.29) is 0 Å². The Hall–Kier alpha value is -0.950. The van der Waals surface area contributed by atoms with Crippen LogP contribution in [0.25, 0.3) is 10.9 Å². The Morgan fingerprint density at radius 1 is 1.28 bits per heavy atom. The smallest absolute Gasteiger partial charge is 0.0876 e. The second kappa shape index (κ2) is 10.9. The molecule has 6 heteroatoms. The lowest BCUT2D eigenvalue weighted by Gasteiger charge is -2.33. The van der Waals surface area contributed by atoms with Gasteiger partial charge in [-0.2, -0.15) is 12.6 Å². The molecule has 25 heavy (non-hydrogen) atoms. The number of hydrogen-bond donors (Lipinski definition) is 3. The zero-order valence-electron chi connectivity index (χ0n) is 15.9. The molecule has 1 atom stereocenters. The first-order valence-corrected chi connectivity index (χ1v) is 11.6. The van der Waals surface area contributed by atoms with E-state index in [0.29, 0.717) is 12.5 Å². The van der Waals surface area contributed by atoms with E-state index in [4.69, 9.17) is 0 Å². The van der Waals surface area contributed by atoms with Crippen LogP contribution in [0.15, 0.2) is 30.5 Å². The van der Waals surface area contributed by atoms with E-state index in [2.05, 4.69) is 58.7 Å². The monoisotopic (exact) mass is 383 g/mol. The molecule has 1 aliphatic rings. The number of piperidine rings is 1. The molecule has 1 fully saturated rings. The number of thiol groups is 1. The van der Waals surface area contributed by atoms with Gasteiger partial charge in [0, 0.05) is 36.7 Å². The van der Waals surface area contributed by atoms with E-state index in [1.807, 2.05) is 25.1 Å². The van der Waals surface area contributed by atoms with Gasteiger partial charge in [-0.1, -0.05) is 39.0 Å². The maximum Gasteiger partial charge on any atom is 0.0876 e. The van der Waals surface area contributed by atoms with Crippen molar-refractivity contribution in [2.45, 2.75) is 39.5 Å².